The predicted molar refractivity (Wildman–Crippen MR) is 80.8 cm³/mol. The number of hydrogen-bond acceptors (Lipinski definition) is 4. The zero-order chi connectivity index (χ0) is 12.5. The van der Waals surface area contributed by atoms with E-state index in [1.54, 1.807) is 0 Å². The van der Waals surface area contributed by atoms with Crippen molar-refractivity contribution in [3.63, 3.8) is 0 Å². The van der Waals surface area contributed by atoms with Gasteiger partial charge in [-0.05, 0) is 46.7 Å². The zero-order valence-corrected chi connectivity index (χ0v) is 13.1. The lowest BCUT2D eigenvalue weighted by Crippen LogP contribution is -2.47. The summed E-state index contributed by atoms with van der Waals surface area (Å²) in [7, 11) is 0. The normalized spacial score (nSPS) is 18.7. The number of nitrogens with two attached hydrogens (primary N) is 1. The van der Waals surface area contributed by atoms with Gasteiger partial charge < -0.3 is 10.6 Å². The van der Waals surface area contributed by atoms with E-state index in [4.69, 9.17) is 5.73 Å². The largest absolute Gasteiger partial charge is 0.324 e. The third-order valence-electron chi connectivity index (χ3n) is 3.21. The van der Waals surface area contributed by atoms with Gasteiger partial charge in [-0.3, -0.25) is 0 Å². The number of nitrogens with zero attached hydrogens (tertiary/aromatic N) is 2. The van der Waals surface area contributed by atoms with E-state index < -0.39 is 0 Å². The summed E-state index contributed by atoms with van der Waals surface area (Å²) in [5, 5.41) is 1.33. The smallest absolute Gasteiger partial charge is 0.0959 e. The molecule has 1 aliphatic heterocycles. The van der Waals surface area contributed by atoms with Crippen LogP contribution in [0.25, 0.3) is 0 Å². The van der Waals surface area contributed by atoms with E-state index in [1.807, 2.05) is 17.5 Å². The number of aryl methyl sites for hydroxylation is 1. The molecule has 0 aromatic carbocycles. The van der Waals surface area contributed by atoms with Crippen molar-refractivity contribution in [3.8, 4) is 0 Å². The first-order chi connectivity index (χ1) is 7.94. The molecule has 2 heterocycles. The van der Waals surface area contributed by atoms with E-state index >= 15 is 0 Å². The number of likely N-dealkylation sites (tertiary alicyclic amines) is 1. The fourth-order valence-electron chi connectivity index (χ4n) is 2.48. The quantitative estimate of drug-likeness (QED) is 0.930. The van der Waals surface area contributed by atoms with Crippen LogP contribution in [0, 0.1) is 6.92 Å². The summed E-state index contributed by atoms with van der Waals surface area (Å²) in [4.78, 5) is 8.32. The minimum absolute atomic E-state index is 0. The lowest BCUT2D eigenvalue weighted by molar-refractivity contribution is 0.179. The summed E-state index contributed by atoms with van der Waals surface area (Å²) in [5.74, 6) is 0.672. The number of piperidine rings is 1. The predicted octanol–water partition coefficient (Wildman–Crippen LogP) is 2.79. The molecular formula is C13H24ClN3S. The third-order valence-corrected chi connectivity index (χ3v) is 4.28. The molecule has 0 atom stereocenters. The van der Waals surface area contributed by atoms with Crippen molar-refractivity contribution in [1.29, 1.82) is 0 Å². The van der Waals surface area contributed by atoms with Crippen molar-refractivity contribution in [2.75, 3.05) is 19.6 Å². The minimum atomic E-state index is -0.0788. The second kappa shape index (κ2) is 6.33. The van der Waals surface area contributed by atoms with Gasteiger partial charge in [0.15, 0.2) is 0 Å². The molecule has 1 aliphatic rings. The first-order valence-electron chi connectivity index (χ1n) is 6.37. The molecule has 0 bridgehead atoms. The van der Waals surface area contributed by atoms with Gasteiger partial charge in [0.25, 0.3) is 0 Å². The maximum absolute atomic E-state index is 6.06. The molecular weight excluding hydrogens is 266 g/mol. The van der Waals surface area contributed by atoms with Crippen LogP contribution in [0.5, 0.6) is 0 Å². The van der Waals surface area contributed by atoms with E-state index in [9.17, 15) is 0 Å². The SMILES string of the molecule is Cc1cnc(C2CCN(CC(C)(C)N)CC2)s1.Cl. The number of halogens is 1. The summed E-state index contributed by atoms with van der Waals surface area (Å²) in [6.45, 7) is 9.64. The maximum atomic E-state index is 6.06. The van der Waals surface area contributed by atoms with E-state index in [-0.39, 0.29) is 17.9 Å². The molecule has 104 valence electrons. The molecule has 1 aromatic heterocycles. The molecule has 0 unspecified atom stereocenters. The lowest BCUT2D eigenvalue weighted by atomic mass is 9.96. The van der Waals surface area contributed by atoms with Gasteiger partial charge in [0.05, 0.1) is 5.01 Å². The molecule has 0 saturated carbocycles. The van der Waals surface area contributed by atoms with Crippen molar-refractivity contribution >= 4 is 23.7 Å². The Morgan fingerprint density at radius 1 is 1.44 bits per heavy atom. The highest BCUT2D eigenvalue weighted by atomic mass is 35.5. The fourth-order valence-corrected chi connectivity index (χ4v) is 3.42. The van der Waals surface area contributed by atoms with Crippen molar-refractivity contribution in [2.45, 2.75) is 45.1 Å². The minimum Gasteiger partial charge on any atom is -0.324 e. The van der Waals surface area contributed by atoms with Gasteiger partial charge in [-0.25, -0.2) is 4.98 Å². The second-order valence-electron chi connectivity index (χ2n) is 5.85. The first kappa shape index (κ1) is 15.9. The van der Waals surface area contributed by atoms with Crippen molar-refractivity contribution in [1.82, 2.24) is 9.88 Å². The maximum Gasteiger partial charge on any atom is 0.0959 e. The van der Waals surface area contributed by atoms with Gasteiger partial charge in [-0.2, -0.15) is 0 Å². The van der Waals surface area contributed by atoms with Crippen LogP contribution >= 0.6 is 23.7 Å². The summed E-state index contributed by atoms with van der Waals surface area (Å²) >= 11 is 1.85. The van der Waals surface area contributed by atoms with Crippen LogP contribution in [0.4, 0.5) is 0 Å². The van der Waals surface area contributed by atoms with E-state index in [0.717, 1.165) is 19.6 Å². The summed E-state index contributed by atoms with van der Waals surface area (Å²) < 4.78 is 0. The fraction of sp³-hybridized carbons (Fsp3) is 0.769. The van der Waals surface area contributed by atoms with Gasteiger partial charge in [0.2, 0.25) is 0 Å². The van der Waals surface area contributed by atoms with E-state index in [0.29, 0.717) is 5.92 Å². The highest BCUT2D eigenvalue weighted by molar-refractivity contribution is 7.11. The second-order valence-corrected chi connectivity index (χ2v) is 7.11. The Hall–Kier alpha value is -0.160. The average molecular weight is 290 g/mol. The highest BCUT2D eigenvalue weighted by Gasteiger charge is 2.25. The number of aromatic nitrogens is 1. The van der Waals surface area contributed by atoms with Crippen LogP contribution in [-0.4, -0.2) is 35.1 Å². The van der Waals surface area contributed by atoms with Gasteiger partial charge in [-0.15, -0.1) is 23.7 Å². The average Bonchev–Trinajstić information content (AvgIpc) is 2.63. The molecule has 2 rings (SSSR count). The number of thiazole rings is 1. The third kappa shape index (κ3) is 4.50. The molecule has 1 fully saturated rings. The van der Waals surface area contributed by atoms with Gasteiger partial charge in [0.1, 0.15) is 0 Å². The van der Waals surface area contributed by atoms with Crippen LogP contribution in [0.1, 0.15) is 42.5 Å². The first-order valence-corrected chi connectivity index (χ1v) is 7.19. The van der Waals surface area contributed by atoms with Gasteiger partial charge in [-0.1, -0.05) is 0 Å². The number of hydrogen-bond donors (Lipinski definition) is 1. The van der Waals surface area contributed by atoms with Crippen LogP contribution in [-0.2, 0) is 0 Å². The molecule has 0 spiro atoms. The standard InChI is InChI=1S/C13H23N3S.ClH/c1-10-8-15-12(17-10)11-4-6-16(7-5-11)9-13(2,3)14;/h8,11H,4-7,9,14H2,1-3H3;1H. The monoisotopic (exact) mass is 289 g/mol. The van der Waals surface area contributed by atoms with Gasteiger partial charge >= 0.3 is 0 Å². The Labute approximate surface area is 120 Å². The Morgan fingerprint density at radius 3 is 2.50 bits per heavy atom. The van der Waals surface area contributed by atoms with Crippen molar-refractivity contribution < 1.29 is 0 Å². The summed E-state index contributed by atoms with van der Waals surface area (Å²) in [6.07, 6.45) is 4.45. The molecule has 1 saturated heterocycles. The lowest BCUT2D eigenvalue weighted by Gasteiger charge is -2.35. The van der Waals surface area contributed by atoms with E-state index in [2.05, 4.69) is 30.7 Å². The molecule has 18 heavy (non-hydrogen) atoms. The molecule has 3 nitrogen and oxygen atoms in total. The molecule has 0 radical (unpaired) electrons. The Morgan fingerprint density at radius 2 is 2.06 bits per heavy atom. The Bertz CT molecular complexity index is 365. The molecule has 0 aliphatic carbocycles. The molecule has 1 aromatic rings. The Balaban J connectivity index is 0.00000162. The van der Waals surface area contributed by atoms with Crippen LogP contribution in [0.3, 0.4) is 0 Å². The van der Waals surface area contributed by atoms with Crippen LogP contribution in [0.15, 0.2) is 6.20 Å². The molecule has 0 amide bonds. The summed E-state index contributed by atoms with van der Waals surface area (Å²) in [5.41, 5.74) is 5.98. The zero-order valence-electron chi connectivity index (χ0n) is 11.5. The molecule has 5 heteroatoms. The van der Waals surface area contributed by atoms with Crippen LogP contribution < -0.4 is 5.73 Å². The number of rotatable bonds is 3. The van der Waals surface area contributed by atoms with Crippen molar-refractivity contribution in [2.24, 2.45) is 5.73 Å². The highest BCUT2D eigenvalue weighted by Crippen LogP contribution is 2.30. The van der Waals surface area contributed by atoms with Gasteiger partial charge in [0, 0.05) is 29.1 Å². The van der Waals surface area contributed by atoms with Crippen molar-refractivity contribution in [3.05, 3.63) is 16.1 Å². The summed E-state index contributed by atoms with van der Waals surface area (Å²) in [6, 6.07) is 0. The Kier molecular flexibility index (Phi) is 5.59. The topological polar surface area (TPSA) is 42.2 Å². The molecule has 2 N–H and O–H groups in total. The van der Waals surface area contributed by atoms with Crippen LogP contribution in [0.2, 0.25) is 0 Å². The van der Waals surface area contributed by atoms with E-state index in [1.165, 1.54) is 22.7 Å².